The zero-order valence-electron chi connectivity index (χ0n) is 14.0. The van der Waals surface area contributed by atoms with Crippen molar-refractivity contribution in [2.24, 2.45) is 0 Å². The van der Waals surface area contributed by atoms with Gasteiger partial charge >= 0.3 is 0 Å². The van der Waals surface area contributed by atoms with Crippen molar-refractivity contribution in [2.75, 3.05) is 18.9 Å². The molecule has 2 aromatic rings. The molecule has 24 heavy (non-hydrogen) atoms. The van der Waals surface area contributed by atoms with Gasteiger partial charge in [-0.05, 0) is 37.7 Å². The number of nitrogen functional groups attached to an aromatic ring is 1. The molecule has 0 saturated carbocycles. The van der Waals surface area contributed by atoms with Crippen molar-refractivity contribution >= 4 is 5.95 Å². The Kier molecular flexibility index (Phi) is 6.20. The number of nitrogens with zero attached hydrogens (tertiary/aromatic N) is 2. The van der Waals surface area contributed by atoms with E-state index >= 15 is 0 Å². The first kappa shape index (κ1) is 16.9. The van der Waals surface area contributed by atoms with Gasteiger partial charge in [0, 0.05) is 19.1 Å². The minimum Gasteiger partial charge on any atom is -0.367 e. The molecule has 1 fully saturated rings. The van der Waals surface area contributed by atoms with Crippen LogP contribution >= 0.6 is 0 Å². The van der Waals surface area contributed by atoms with Gasteiger partial charge in [0.05, 0.1) is 0 Å². The van der Waals surface area contributed by atoms with Crippen LogP contribution in [0, 0.1) is 0 Å². The average molecular weight is 330 g/mol. The molecule has 1 aliphatic rings. The summed E-state index contributed by atoms with van der Waals surface area (Å²) in [5, 5.41) is 6.93. The first-order valence-electron chi connectivity index (χ1n) is 8.79. The van der Waals surface area contributed by atoms with Crippen LogP contribution in [-0.2, 0) is 9.47 Å². The van der Waals surface area contributed by atoms with Gasteiger partial charge in [-0.25, -0.2) is 0 Å². The molecule has 1 aromatic heterocycles. The molecule has 2 heterocycles. The van der Waals surface area contributed by atoms with E-state index in [1.54, 1.807) is 0 Å². The number of nitrogens with two attached hydrogens (primary N) is 1. The topological polar surface area (TPSA) is 86.0 Å². The molecule has 130 valence electrons. The standard InChI is InChI=1S/C18H26N4O2/c19-18-20-17(21-22-18)15(14-8-2-1-3-9-14)10-4-6-12-23-16-11-5-7-13-24-16/h1-3,8-9,15-16H,4-7,10-13H2,(H3,19,20,21,22). The first-order valence-corrected chi connectivity index (χ1v) is 8.79. The molecule has 6 heteroatoms. The van der Waals surface area contributed by atoms with E-state index < -0.39 is 0 Å². The summed E-state index contributed by atoms with van der Waals surface area (Å²) in [6.45, 7) is 1.57. The predicted octanol–water partition coefficient (Wildman–Crippen LogP) is 3.23. The zero-order chi connectivity index (χ0) is 16.6. The van der Waals surface area contributed by atoms with Crippen molar-refractivity contribution in [3.05, 3.63) is 41.7 Å². The van der Waals surface area contributed by atoms with Crippen molar-refractivity contribution in [1.82, 2.24) is 15.2 Å². The summed E-state index contributed by atoms with van der Waals surface area (Å²) < 4.78 is 11.4. The van der Waals surface area contributed by atoms with E-state index in [9.17, 15) is 0 Å². The number of hydrogen-bond donors (Lipinski definition) is 2. The predicted molar refractivity (Wildman–Crippen MR) is 92.5 cm³/mol. The minimum atomic E-state index is -0.00209. The van der Waals surface area contributed by atoms with Crippen LogP contribution in [-0.4, -0.2) is 34.7 Å². The van der Waals surface area contributed by atoms with E-state index in [4.69, 9.17) is 15.2 Å². The van der Waals surface area contributed by atoms with Crippen molar-refractivity contribution in [3.63, 3.8) is 0 Å². The van der Waals surface area contributed by atoms with Crippen molar-refractivity contribution in [1.29, 1.82) is 0 Å². The van der Waals surface area contributed by atoms with Gasteiger partial charge in [-0.1, -0.05) is 36.8 Å². The average Bonchev–Trinajstić information content (AvgIpc) is 3.06. The molecule has 1 aromatic carbocycles. The van der Waals surface area contributed by atoms with E-state index in [1.807, 2.05) is 18.2 Å². The maximum atomic E-state index is 5.80. The molecule has 0 amide bonds. The van der Waals surface area contributed by atoms with E-state index in [-0.39, 0.29) is 12.2 Å². The highest BCUT2D eigenvalue weighted by Crippen LogP contribution is 2.27. The normalized spacial score (nSPS) is 19.2. The number of H-pyrrole nitrogens is 1. The van der Waals surface area contributed by atoms with Gasteiger partial charge in [0.1, 0.15) is 5.82 Å². The molecule has 3 N–H and O–H groups in total. The monoisotopic (exact) mass is 330 g/mol. The number of hydrogen-bond acceptors (Lipinski definition) is 5. The van der Waals surface area contributed by atoms with Crippen molar-refractivity contribution in [2.45, 2.75) is 50.7 Å². The fraction of sp³-hybridized carbons (Fsp3) is 0.556. The van der Waals surface area contributed by atoms with E-state index in [2.05, 4.69) is 27.3 Å². The Balaban J connectivity index is 1.49. The number of unbranched alkanes of at least 4 members (excludes halogenated alkanes) is 1. The van der Waals surface area contributed by atoms with Crippen LogP contribution in [0.4, 0.5) is 5.95 Å². The Morgan fingerprint density at radius 1 is 1.25 bits per heavy atom. The molecule has 2 unspecified atom stereocenters. The third kappa shape index (κ3) is 4.79. The summed E-state index contributed by atoms with van der Waals surface area (Å²) in [7, 11) is 0. The SMILES string of the molecule is Nc1n[nH]c(C(CCCCOC2CCCCO2)c2ccccc2)n1. The molecule has 1 saturated heterocycles. The van der Waals surface area contributed by atoms with Gasteiger partial charge < -0.3 is 15.2 Å². The van der Waals surface area contributed by atoms with Gasteiger partial charge in [0.2, 0.25) is 5.95 Å². The third-order valence-electron chi connectivity index (χ3n) is 4.38. The number of ether oxygens (including phenoxy) is 2. The van der Waals surface area contributed by atoms with Crippen LogP contribution in [0.1, 0.15) is 55.8 Å². The summed E-state index contributed by atoms with van der Waals surface area (Å²) in [5.41, 5.74) is 6.89. The number of anilines is 1. The van der Waals surface area contributed by atoms with Crippen molar-refractivity contribution in [3.8, 4) is 0 Å². The molecule has 0 bridgehead atoms. The summed E-state index contributed by atoms with van der Waals surface area (Å²) in [6, 6.07) is 10.4. The van der Waals surface area contributed by atoms with Gasteiger partial charge in [-0.15, -0.1) is 5.10 Å². The van der Waals surface area contributed by atoms with Crippen LogP contribution in [0.15, 0.2) is 30.3 Å². The molecule has 0 spiro atoms. The number of rotatable bonds is 8. The smallest absolute Gasteiger partial charge is 0.239 e. The highest BCUT2D eigenvalue weighted by molar-refractivity contribution is 5.27. The second-order valence-corrected chi connectivity index (χ2v) is 6.20. The van der Waals surface area contributed by atoms with Crippen LogP contribution in [0.2, 0.25) is 0 Å². The maximum absolute atomic E-state index is 5.80. The lowest BCUT2D eigenvalue weighted by Crippen LogP contribution is -2.22. The summed E-state index contributed by atoms with van der Waals surface area (Å²) >= 11 is 0. The van der Waals surface area contributed by atoms with E-state index in [0.717, 1.165) is 51.1 Å². The van der Waals surface area contributed by atoms with Crippen LogP contribution in [0.25, 0.3) is 0 Å². The maximum Gasteiger partial charge on any atom is 0.239 e. The summed E-state index contributed by atoms with van der Waals surface area (Å²) in [4.78, 5) is 4.32. The molecule has 6 nitrogen and oxygen atoms in total. The lowest BCUT2D eigenvalue weighted by atomic mass is 9.93. The van der Waals surface area contributed by atoms with E-state index in [1.165, 1.54) is 12.0 Å². The zero-order valence-corrected chi connectivity index (χ0v) is 14.0. The molecule has 3 rings (SSSR count). The van der Waals surface area contributed by atoms with Crippen LogP contribution < -0.4 is 5.73 Å². The Labute approximate surface area is 142 Å². The number of nitrogens with one attached hydrogen (secondary N) is 1. The molecular weight excluding hydrogens is 304 g/mol. The van der Waals surface area contributed by atoms with Gasteiger partial charge in [0.15, 0.2) is 6.29 Å². The Hall–Kier alpha value is -1.92. The third-order valence-corrected chi connectivity index (χ3v) is 4.38. The number of aromatic nitrogens is 3. The molecule has 0 aliphatic carbocycles. The summed E-state index contributed by atoms with van der Waals surface area (Å²) in [6.07, 6.45) is 6.40. The van der Waals surface area contributed by atoms with E-state index in [0.29, 0.717) is 5.95 Å². The Bertz CT molecular complexity index is 596. The van der Waals surface area contributed by atoms with Gasteiger partial charge in [0.25, 0.3) is 0 Å². The molecule has 1 aliphatic heterocycles. The fourth-order valence-corrected chi connectivity index (χ4v) is 3.10. The largest absolute Gasteiger partial charge is 0.367 e. The van der Waals surface area contributed by atoms with Crippen LogP contribution in [0.3, 0.4) is 0 Å². The minimum absolute atomic E-state index is 0.00209. The highest BCUT2D eigenvalue weighted by atomic mass is 16.7. The van der Waals surface area contributed by atoms with Gasteiger partial charge in [-0.2, -0.15) is 4.98 Å². The Morgan fingerprint density at radius 3 is 2.83 bits per heavy atom. The lowest BCUT2D eigenvalue weighted by Gasteiger charge is -2.22. The highest BCUT2D eigenvalue weighted by Gasteiger charge is 2.18. The second kappa shape index (κ2) is 8.80. The number of benzene rings is 1. The Morgan fingerprint density at radius 2 is 2.12 bits per heavy atom. The second-order valence-electron chi connectivity index (χ2n) is 6.20. The molecule has 2 atom stereocenters. The fourth-order valence-electron chi connectivity index (χ4n) is 3.10. The van der Waals surface area contributed by atoms with Crippen LogP contribution in [0.5, 0.6) is 0 Å². The molecular formula is C18H26N4O2. The van der Waals surface area contributed by atoms with Gasteiger partial charge in [-0.3, -0.25) is 5.10 Å². The quantitative estimate of drug-likeness (QED) is 0.726. The summed E-state index contributed by atoms with van der Waals surface area (Å²) in [5.74, 6) is 1.31. The van der Waals surface area contributed by atoms with Crippen molar-refractivity contribution < 1.29 is 9.47 Å². The first-order chi connectivity index (χ1) is 11.8. The lowest BCUT2D eigenvalue weighted by molar-refractivity contribution is -0.162. The molecule has 0 radical (unpaired) electrons. The number of aromatic amines is 1.